The molecule has 0 amide bonds. The van der Waals surface area contributed by atoms with E-state index in [2.05, 4.69) is 0 Å². The van der Waals surface area contributed by atoms with Gasteiger partial charge in [-0.15, -0.1) is 0 Å². The maximum Gasteiger partial charge on any atom is 2.00 e. The number of rotatable bonds is 5. The van der Waals surface area contributed by atoms with Crippen LogP contribution in [0.5, 0.6) is 86.2 Å². The first kappa shape index (κ1) is 57.3. The third-order valence-electron chi connectivity index (χ3n) is 6.56. The molecule has 27 heteroatoms. The van der Waals surface area contributed by atoms with Gasteiger partial charge in [-0.25, -0.2) is 14.4 Å². The number of benzene rings is 5. The number of carbonyl (C=O) groups excluding carboxylic acids is 2. The van der Waals surface area contributed by atoms with Gasteiger partial charge in [-0.2, -0.15) is 0 Å². The van der Waals surface area contributed by atoms with Gasteiger partial charge in [0, 0.05) is 46.7 Å². The van der Waals surface area contributed by atoms with E-state index in [0.29, 0.717) is 0 Å². The Bertz CT molecular complexity index is 1940. The number of aromatic carboxylic acids is 5. The minimum Gasteiger partial charge on any atom is -0.545 e. The van der Waals surface area contributed by atoms with Crippen LogP contribution < -0.4 is 10.2 Å². The number of carboxylic acid groups (broad SMARTS) is 5. The van der Waals surface area contributed by atoms with Crippen LogP contribution in [0, 0.1) is 35.6 Å². The fraction of sp³-hybridized carbons (Fsp3) is 0. The molecular weight excluding hydrogens is 1100 g/mol. The predicted molar refractivity (Wildman–Crippen MR) is 192 cm³/mol. The van der Waals surface area contributed by atoms with Crippen LogP contribution >= 0.6 is 0 Å². The van der Waals surface area contributed by atoms with Crippen molar-refractivity contribution < 1.29 is 162 Å². The molecule has 5 aromatic rings. The second-order valence-corrected chi connectivity index (χ2v) is 10.8. The van der Waals surface area contributed by atoms with Crippen molar-refractivity contribution in [1.29, 1.82) is 0 Å². The molecule has 5 aromatic carbocycles. The molecule has 0 fully saturated rings. The van der Waals surface area contributed by atoms with Gasteiger partial charge in [-0.1, -0.05) is 0 Å². The monoisotopic (exact) mass is 1120 g/mol. The van der Waals surface area contributed by atoms with Crippen molar-refractivity contribution in [2.75, 3.05) is 0 Å². The van der Waals surface area contributed by atoms with E-state index in [-0.39, 0.29) is 101 Å². The molecule has 0 saturated heterocycles. The van der Waals surface area contributed by atoms with E-state index >= 15 is 0 Å². The summed E-state index contributed by atoms with van der Waals surface area (Å²) in [5.74, 6) is -17.4. The van der Waals surface area contributed by atoms with Crippen LogP contribution in [-0.2, 0) is 0 Å². The summed E-state index contributed by atoms with van der Waals surface area (Å²) in [4.78, 5) is 51.3. The number of carbonyl (C=O) groups is 5. The zero-order valence-corrected chi connectivity index (χ0v) is 38.5. The van der Waals surface area contributed by atoms with E-state index in [1.54, 1.807) is 0 Å². The van der Waals surface area contributed by atoms with Gasteiger partial charge in [0.15, 0.2) is 86.2 Å². The van der Waals surface area contributed by atoms with Gasteiger partial charge in [-0.05, 0) is 60.7 Å². The van der Waals surface area contributed by atoms with Crippen molar-refractivity contribution in [2.24, 2.45) is 0 Å². The summed E-state index contributed by atoms with van der Waals surface area (Å²) in [7, 11) is 0. The molecule has 0 heterocycles. The maximum absolute atomic E-state index is 10.3. The third kappa shape index (κ3) is 16.7. The second kappa shape index (κ2) is 25.1. The van der Waals surface area contributed by atoms with Gasteiger partial charge < -0.3 is 112 Å². The van der Waals surface area contributed by atoms with Gasteiger partial charge in [-0.3, -0.25) is 0 Å². The summed E-state index contributed by atoms with van der Waals surface area (Å²) in [6.45, 7) is 0. The zero-order valence-electron chi connectivity index (χ0n) is 30.5. The van der Waals surface area contributed by atoms with Crippen molar-refractivity contribution >= 4 is 78.7 Å². The number of phenolic OH excluding ortho intramolecular Hbond substituents is 15. The Hall–Kier alpha value is -6.78. The van der Waals surface area contributed by atoms with E-state index in [4.69, 9.17) is 91.9 Å². The Balaban J connectivity index is 0. The second-order valence-electron chi connectivity index (χ2n) is 10.8. The Morgan fingerprint density at radius 3 is 0.500 bits per heavy atom. The zero-order chi connectivity index (χ0) is 46.5. The Morgan fingerprint density at radius 1 is 0.290 bits per heavy atom. The van der Waals surface area contributed by atoms with Crippen molar-refractivity contribution in [3.8, 4) is 86.2 Å². The molecule has 5 rings (SSSR count). The van der Waals surface area contributed by atoms with Gasteiger partial charge in [0.2, 0.25) is 0 Å². The maximum atomic E-state index is 10.3. The average molecular weight is 1120 g/mol. The molecule has 1 radical (unpaired) electrons. The molecule has 25 nitrogen and oxygen atoms in total. The molecule has 62 heavy (non-hydrogen) atoms. The fourth-order valence-electron chi connectivity index (χ4n) is 3.63. The molecule has 0 saturated carbocycles. The molecule has 0 aliphatic carbocycles. The van der Waals surface area contributed by atoms with Crippen molar-refractivity contribution in [3.63, 3.8) is 0 Å². The van der Waals surface area contributed by atoms with Crippen molar-refractivity contribution in [3.05, 3.63) is 88.5 Å². The summed E-state index contributed by atoms with van der Waals surface area (Å²) in [5.41, 5.74) is -1.67. The van der Waals surface area contributed by atoms with Gasteiger partial charge >= 0.3 is 66.8 Å². The van der Waals surface area contributed by atoms with Crippen LogP contribution in [-0.4, -0.2) is 171 Å². The smallest absolute Gasteiger partial charge is 0.545 e. The number of aromatic hydroxyl groups is 15. The van der Waals surface area contributed by atoms with Crippen LogP contribution in [0.25, 0.3) is 0 Å². The van der Waals surface area contributed by atoms with Crippen LogP contribution in [0.1, 0.15) is 51.8 Å². The normalized spacial score (nSPS) is 9.35. The molecule has 323 valence electrons. The van der Waals surface area contributed by atoms with Crippen LogP contribution in [0.4, 0.5) is 0 Å². The minimum absolute atomic E-state index is 0. The number of phenols is 15. The Labute approximate surface area is 411 Å². The quantitative estimate of drug-likeness (QED) is 0.0776. The number of carboxylic acids is 5. The fourth-order valence-corrected chi connectivity index (χ4v) is 3.63. The largest absolute Gasteiger partial charge is 2.00 e. The van der Waals surface area contributed by atoms with E-state index in [0.717, 1.165) is 60.7 Å². The van der Waals surface area contributed by atoms with Crippen LogP contribution in [0.15, 0.2) is 60.7 Å². The molecule has 18 N–H and O–H groups in total. The SMILES string of the molecule is O=C(O)c1cc(O)c(O)c(O)c1.O=C(O)c1cc(O)c(O)c(O)c1.O=C(O)c1cc(O)c(O)c(O)c1.O=C([O-])c1cc(O)c(O)c(O)c1.O=C([O-])c1cc(O)c(O)c(O)c1.[Ba+2].[La]. The van der Waals surface area contributed by atoms with E-state index in [1.165, 1.54) is 0 Å². The van der Waals surface area contributed by atoms with Crippen LogP contribution in [0.3, 0.4) is 0 Å². The first-order valence-electron chi connectivity index (χ1n) is 15.0. The molecule has 0 atom stereocenters. The first-order chi connectivity index (χ1) is 27.6. The topological polar surface area (TPSA) is 496 Å². The molecule has 0 unspecified atom stereocenters. The predicted octanol–water partition coefficient (Wildman–Crippen LogP) is -0.542. The molecule has 0 bridgehead atoms. The summed E-state index contributed by atoms with van der Waals surface area (Å²) in [6.07, 6.45) is 0. The summed E-state index contributed by atoms with van der Waals surface area (Å²) in [5, 5.41) is 178. The van der Waals surface area contributed by atoms with Gasteiger partial charge in [0.05, 0.1) is 28.6 Å². The molecule has 0 aliphatic rings. The van der Waals surface area contributed by atoms with E-state index in [9.17, 15) is 34.2 Å². The molecule has 0 aliphatic heterocycles. The summed E-state index contributed by atoms with van der Waals surface area (Å²) >= 11 is 0. The third-order valence-corrected chi connectivity index (χ3v) is 6.56. The average Bonchev–Trinajstić information content (AvgIpc) is 3.15. The van der Waals surface area contributed by atoms with Gasteiger partial charge in [0.1, 0.15) is 0 Å². The minimum atomic E-state index is -1.54. The van der Waals surface area contributed by atoms with Crippen molar-refractivity contribution in [1.82, 2.24) is 0 Å². The molecule has 0 spiro atoms. The first-order valence-corrected chi connectivity index (χ1v) is 15.0. The van der Waals surface area contributed by atoms with Crippen molar-refractivity contribution in [2.45, 2.75) is 0 Å². The summed E-state index contributed by atoms with van der Waals surface area (Å²) in [6, 6.07) is 8.20. The number of hydrogen-bond donors (Lipinski definition) is 18. The van der Waals surface area contributed by atoms with Gasteiger partial charge in [0.25, 0.3) is 0 Å². The summed E-state index contributed by atoms with van der Waals surface area (Å²) < 4.78 is 0. The standard InChI is InChI=1S/5C7H6O5.Ba.La/c5*8-4-1-3(7(11)12)2-5(9)6(4)10;;/h5*1-2,8-10H,(H,11,12);;/q;;;;;+2;/p-2. The molecular formula is C35H28BaLaO25. The number of hydrogen-bond acceptors (Lipinski definition) is 22. The van der Waals surface area contributed by atoms with E-state index in [1.807, 2.05) is 0 Å². The Kier molecular flexibility index (Phi) is 23.2. The van der Waals surface area contributed by atoms with Crippen LogP contribution in [0.2, 0.25) is 0 Å². The Morgan fingerprint density at radius 2 is 0.403 bits per heavy atom. The molecule has 0 aromatic heterocycles. The van der Waals surface area contributed by atoms with E-state index < -0.39 is 127 Å².